The molecule has 0 bridgehead atoms. The smallest absolute Gasteiger partial charge is 0.404 e. The van der Waals surface area contributed by atoms with Crippen LogP contribution in [0, 0.1) is 5.92 Å². The Morgan fingerprint density at radius 3 is 2.78 bits per heavy atom. The number of carbonyl (C=O) groups is 1. The highest BCUT2D eigenvalue weighted by molar-refractivity contribution is 5.81. The fraction of sp³-hybridized carbons (Fsp3) is 0.857. The Morgan fingerprint density at radius 2 is 2.11 bits per heavy atom. The van der Waals surface area contributed by atoms with Crippen LogP contribution in [0.2, 0.25) is 0 Å². The molecule has 2 unspecified atom stereocenters. The molecule has 0 saturated heterocycles. The second-order valence-electron chi connectivity index (χ2n) is 5.22. The summed E-state index contributed by atoms with van der Waals surface area (Å²) in [7, 11) is 1.85. The molecule has 18 heavy (non-hydrogen) atoms. The van der Waals surface area contributed by atoms with Crippen molar-refractivity contribution in [3.05, 3.63) is 0 Å². The van der Waals surface area contributed by atoms with Crippen LogP contribution in [-0.4, -0.2) is 25.0 Å². The molecule has 4 heteroatoms. The summed E-state index contributed by atoms with van der Waals surface area (Å²) in [5, 5.41) is 0. The predicted molar refractivity (Wildman–Crippen MR) is 73.9 cm³/mol. The molecule has 1 aliphatic carbocycles. The maximum atomic E-state index is 10.8. The highest BCUT2D eigenvalue weighted by Gasteiger charge is 2.29. The Labute approximate surface area is 110 Å². The maximum Gasteiger partial charge on any atom is 0.404 e. The Hall–Kier alpha value is -1.06. The van der Waals surface area contributed by atoms with E-state index in [4.69, 9.17) is 10.5 Å². The van der Waals surface area contributed by atoms with Crippen molar-refractivity contribution >= 4 is 11.8 Å². The van der Waals surface area contributed by atoms with Crippen molar-refractivity contribution in [2.75, 3.05) is 7.05 Å². The zero-order valence-corrected chi connectivity index (χ0v) is 11.7. The van der Waals surface area contributed by atoms with Crippen molar-refractivity contribution in [2.45, 2.75) is 64.4 Å². The van der Waals surface area contributed by atoms with Gasteiger partial charge in [-0.05, 0) is 51.4 Å². The summed E-state index contributed by atoms with van der Waals surface area (Å²) >= 11 is 0. The lowest BCUT2D eigenvalue weighted by atomic mass is 9.97. The molecule has 0 aromatic heterocycles. The lowest BCUT2D eigenvalue weighted by Gasteiger charge is -2.18. The number of amides is 1. The van der Waals surface area contributed by atoms with Crippen LogP contribution in [0.3, 0.4) is 0 Å². The van der Waals surface area contributed by atoms with Crippen LogP contribution in [0.4, 0.5) is 4.79 Å². The van der Waals surface area contributed by atoms with Crippen LogP contribution < -0.4 is 5.73 Å². The van der Waals surface area contributed by atoms with Gasteiger partial charge in [0.1, 0.15) is 6.10 Å². The molecule has 0 aliphatic heterocycles. The molecule has 1 saturated carbocycles. The number of unbranched alkanes of at least 4 members (excludes halogenated alkanes) is 2. The quantitative estimate of drug-likeness (QED) is 0.559. The van der Waals surface area contributed by atoms with Crippen molar-refractivity contribution in [3.63, 3.8) is 0 Å². The molecule has 0 aromatic carbocycles. The molecule has 1 fully saturated rings. The first kappa shape index (κ1) is 15.0. The minimum absolute atomic E-state index is 0.0708. The topological polar surface area (TPSA) is 64.7 Å². The molecule has 1 aliphatic rings. The third kappa shape index (κ3) is 5.52. The molecule has 1 rings (SSSR count). The van der Waals surface area contributed by atoms with Gasteiger partial charge in [-0.25, -0.2) is 4.79 Å². The molecule has 4 nitrogen and oxygen atoms in total. The lowest BCUT2D eigenvalue weighted by Crippen LogP contribution is -2.25. The van der Waals surface area contributed by atoms with Crippen molar-refractivity contribution in [1.29, 1.82) is 0 Å². The van der Waals surface area contributed by atoms with Gasteiger partial charge < -0.3 is 10.5 Å². The summed E-state index contributed by atoms with van der Waals surface area (Å²) in [6.07, 6.45) is 8.66. The van der Waals surface area contributed by atoms with E-state index >= 15 is 0 Å². The molecule has 0 radical (unpaired) electrons. The summed E-state index contributed by atoms with van der Waals surface area (Å²) in [4.78, 5) is 14.9. The fourth-order valence-corrected chi connectivity index (χ4v) is 2.71. The normalized spacial score (nSPS) is 24.2. The molecule has 0 aromatic rings. The van der Waals surface area contributed by atoms with E-state index in [-0.39, 0.29) is 6.10 Å². The zero-order chi connectivity index (χ0) is 13.4. The average molecular weight is 254 g/mol. The van der Waals surface area contributed by atoms with Gasteiger partial charge in [0.25, 0.3) is 0 Å². The number of nitrogens with zero attached hydrogens (tertiary/aromatic N) is 1. The summed E-state index contributed by atoms with van der Waals surface area (Å²) < 4.78 is 5.16. The van der Waals surface area contributed by atoms with E-state index in [2.05, 4.69) is 11.9 Å². The molecule has 2 N–H and O–H groups in total. The lowest BCUT2D eigenvalue weighted by molar-refractivity contribution is 0.0800. The number of ether oxygens (including phenoxy) is 1. The number of hydrogen-bond acceptors (Lipinski definition) is 3. The Morgan fingerprint density at radius 1 is 1.33 bits per heavy atom. The third-order valence-electron chi connectivity index (χ3n) is 3.85. The van der Waals surface area contributed by atoms with E-state index in [0.29, 0.717) is 5.92 Å². The van der Waals surface area contributed by atoms with Gasteiger partial charge >= 0.3 is 6.09 Å². The fourth-order valence-electron chi connectivity index (χ4n) is 2.71. The molecule has 0 spiro atoms. The number of nitrogens with two attached hydrogens (primary N) is 1. The first-order valence-corrected chi connectivity index (χ1v) is 7.02. The number of hydrogen-bond donors (Lipinski definition) is 1. The van der Waals surface area contributed by atoms with Crippen molar-refractivity contribution < 1.29 is 9.53 Å². The highest BCUT2D eigenvalue weighted by atomic mass is 16.6. The summed E-state index contributed by atoms with van der Waals surface area (Å²) in [6, 6.07) is 0. The zero-order valence-electron chi connectivity index (χ0n) is 11.7. The van der Waals surface area contributed by atoms with E-state index in [1.54, 1.807) is 0 Å². The van der Waals surface area contributed by atoms with Crippen molar-refractivity contribution in [3.8, 4) is 0 Å². The van der Waals surface area contributed by atoms with Gasteiger partial charge in [0, 0.05) is 12.8 Å². The molecular weight excluding hydrogens is 228 g/mol. The average Bonchev–Trinajstić information content (AvgIpc) is 2.75. The summed E-state index contributed by atoms with van der Waals surface area (Å²) in [5.74, 6) is 0.526. The maximum absolute atomic E-state index is 10.8. The molecular formula is C14H26N2O2. The minimum Gasteiger partial charge on any atom is -0.446 e. The van der Waals surface area contributed by atoms with Crippen LogP contribution in [0.1, 0.15) is 58.3 Å². The minimum atomic E-state index is -0.623. The van der Waals surface area contributed by atoms with Gasteiger partial charge in [0.15, 0.2) is 0 Å². The van der Waals surface area contributed by atoms with E-state index in [1.165, 1.54) is 31.4 Å². The molecule has 104 valence electrons. The van der Waals surface area contributed by atoms with Gasteiger partial charge in [0.2, 0.25) is 0 Å². The standard InChI is InChI=1S/C14H26N2O2/c1-11(16-2)7-4-3-5-8-12-9-6-10-13(12)18-14(15)17/h12-13H,3-10H2,1-2H3,(H2,15,17). The number of carbonyl (C=O) groups excluding carboxylic acids is 1. The van der Waals surface area contributed by atoms with E-state index in [9.17, 15) is 4.79 Å². The van der Waals surface area contributed by atoms with Gasteiger partial charge in [-0.3, -0.25) is 4.99 Å². The van der Waals surface area contributed by atoms with Crippen LogP contribution in [-0.2, 0) is 4.74 Å². The molecule has 0 heterocycles. The largest absolute Gasteiger partial charge is 0.446 e. The highest BCUT2D eigenvalue weighted by Crippen LogP contribution is 2.32. The number of aliphatic imine (C=N–C) groups is 1. The van der Waals surface area contributed by atoms with E-state index < -0.39 is 6.09 Å². The summed E-state index contributed by atoms with van der Waals surface area (Å²) in [5.41, 5.74) is 6.31. The van der Waals surface area contributed by atoms with Gasteiger partial charge in [-0.1, -0.05) is 12.8 Å². The van der Waals surface area contributed by atoms with Gasteiger partial charge in [-0.2, -0.15) is 0 Å². The first-order valence-electron chi connectivity index (χ1n) is 7.02. The number of rotatable bonds is 7. The first-order chi connectivity index (χ1) is 8.63. The SMILES string of the molecule is CN=C(C)CCCCCC1CCCC1OC(N)=O. The Bertz CT molecular complexity index is 290. The second-order valence-corrected chi connectivity index (χ2v) is 5.22. The summed E-state index contributed by atoms with van der Waals surface area (Å²) in [6.45, 7) is 2.08. The van der Waals surface area contributed by atoms with Crippen molar-refractivity contribution in [2.24, 2.45) is 16.6 Å². The predicted octanol–water partition coefficient (Wildman–Crippen LogP) is 3.29. The Kier molecular flexibility index (Phi) is 6.76. The monoisotopic (exact) mass is 254 g/mol. The van der Waals surface area contributed by atoms with Crippen LogP contribution >= 0.6 is 0 Å². The molecule has 2 atom stereocenters. The van der Waals surface area contributed by atoms with Crippen molar-refractivity contribution in [1.82, 2.24) is 0 Å². The molecule has 1 amide bonds. The number of primary amides is 1. The van der Waals surface area contributed by atoms with E-state index in [0.717, 1.165) is 25.7 Å². The Balaban J connectivity index is 2.12. The van der Waals surface area contributed by atoms with E-state index in [1.807, 2.05) is 7.05 Å². The second kappa shape index (κ2) is 8.11. The van der Waals surface area contributed by atoms with Crippen LogP contribution in [0.25, 0.3) is 0 Å². The third-order valence-corrected chi connectivity index (χ3v) is 3.85. The van der Waals surface area contributed by atoms with Gasteiger partial charge in [0.05, 0.1) is 0 Å². The van der Waals surface area contributed by atoms with Crippen LogP contribution in [0.5, 0.6) is 0 Å². The van der Waals surface area contributed by atoms with Crippen LogP contribution in [0.15, 0.2) is 4.99 Å². The van der Waals surface area contributed by atoms with Gasteiger partial charge in [-0.15, -0.1) is 0 Å².